The molecule has 0 aromatic carbocycles. The first-order valence-corrected chi connectivity index (χ1v) is 7.99. The van der Waals surface area contributed by atoms with Crippen molar-refractivity contribution in [3.05, 3.63) is 0 Å². The molecule has 2 aliphatic rings. The van der Waals surface area contributed by atoms with E-state index in [1.54, 1.807) is 18.9 Å². The minimum atomic E-state index is 0. The van der Waals surface area contributed by atoms with E-state index in [0.717, 1.165) is 31.2 Å². The zero-order chi connectivity index (χ0) is 12.8. The number of thioether (sulfide) groups is 1. The van der Waals surface area contributed by atoms with Gasteiger partial charge in [-0.1, -0.05) is 12.8 Å². The third kappa shape index (κ3) is 4.81. The lowest BCUT2D eigenvalue weighted by Gasteiger charge is -2.29. The smallest absolute Gasteiger partial charge is 0.238 e. The maximum Gasteiger partial charge on any atom is 0.238 e. The molecule has 1 aliphatic heterocycles. The molecule has 1 saturated heterocycles. The molecule has 1 aliphatic carbocycles. The van der Waals surface area contributed by atoms with Crippen molar-refractivity contribution in [1.29, 1.82) is 0 Å². The van der Waals surface area contributed by atoms with Crippen molar-refractivity contribution in [1.82, 2.24) is 10.6 Å². The number of carbonyl (C=O) groups excluding carboxylic acids is 1. The van der Waals surface area contributed by atoms with Crippen LogP contribution in [0.1, 0.15) is 32.1 Å². The Labute approximate surface area is 126 Å². The molecule has 1 amide bonds. The number of hydrogen-bond acceptors (Lipinski definition) is 4. The van der Waals surface area contributed by atoms with Gasteiger partial charge in [0.2, 0.25) is 5.91 Å². The van der Waals surface area contributed by atoms with Crippen molar-refractivity contribution in [2.24, 2.45) is 5.41 Å². The van der Waals surface area contributed by atoms with Crippen LogP contribution in [0.2, 0.25) is 0 Å². The molecular formula is C13H25ClN2O2S. The van der Waals surface area contributed by atoms with Crippen LogP contribution in [0.15, 0.2) is 0 Å². The lowest BCUT2D eigenvalue weighted by Crippen LogP contribution is -2.46. The highest BCUT2D eigenvalue weighted by atomic mass is 35.5. The molecule has 6 heteroatoms. The Morgan fingerprint density at radius 1 is 1.47 bits per heavy atom. The minimum Gasteiger partial charge on any atom is -0.385 e. The normalized spacial score (nSPS) is 25.0. The van der Waals surface area contributed by atoms with E-state index in [0.29, 0.717) is 0 Å². The third-order valence-electron chi connectivity index (χ3n) is 4.17. The van der Waals surface area contributed by atoms with Gasteiger partial charge >= 0.3 is 0 Å². The first kappa shape index (κ1) is 17.1. The Kier molecular flexibility index (Phi) is 7.50. The Hall–Kier alpha value is 0.0300. The molecule has 0 radical (unpaired) electrons. The standard InChI is InChI=1S/C13H24N2O2S.ClH/c1-17-7-6-13(4-2-3-5-13)9-14-12(16)11-8-18-10-15-11;/h11,15H,2-10H2,1H3,(H,14,16);1H. The fourth-order valence-corrected chi connectivity index (χ4v) is 3.86. The minimum absolute atomic E-state index is 0. The first-order chi connectivity index (χ1) is 8.76. The van der Waals surface area contributed by atoms with Crippen LogP contribution >= 0.6 is 24.2 Å². The summed E-state index contributed by atoms with van der Waals surface area (Å²) >= 11 is 1.79. The monoisotopic (exact) mass is 308 g/mol. The zero-order valence-corrected chi connectivity index (χ0v) is 13.2. The van der Waals surface area contributed by atoms with Gasteiger partial charge < -0.3 is 10.1 Å². The van der Waals surface area contributed by atoms with Crippen molar-refractivity contribution < 1.29 is 9.53 Å². The highest BCUT2D eigenvalue weighted by molar-refractivity contribution is 7.99. The van der Waals surface area contributed by atoms with Gasteiger partial charge in [0, 0.05) is 31.9 Å². The van der Waals surface area contributed by atoms with Gasteiger partial charge in [-0.3, -0.25) is 10.1 Å². The van der Waals surface area contributed by atoms with Crippen molar-refractivity contribution in [2.45, 2.75) is 38.1 Å². The topological polar surface area (TPSA) is 50.4 Å². The predicted octanol–water partition coefficient (Wildman–Crippen LogP) is 1.78. The molecule has 1 atom stereocenters. The van der Waals surface area contributed by atoms with E-state index in [9.17, 15) is 4.79 Å². The summed E-state index contributed by atoms with van der Waals surface area (Å²) in [5.74, 6) is 1.97. The van der Waals surface area contributed by atoms with Crippen molar-refractivity contribution in [3.63, 3.8) is 0 Å². The fraction of sp³-hybridized carbons (Fsp3) is 0.923. The van der Waals surface area contributed by atoms with Crippen molar-refractivity contribution in [3.8, 4) is 0 Å². The van der Waals surface area contributed by atoms with E-state index in [2.05, 4.69) is 10.6 Å². The molecular weight excluding hydrogens is 284 g/mol. The molecule has 0 aromatic rings. The number of hydrogen-bond donors (Lipinski definition) is 2. The summed E-state index contributed by atoms with van der Waals surface area (Å²) in [6, 6.07) is 0.0101. The number of rotatable bonds is 6. The quantitative estimate of drug-likeness (QED) is 0.785. The molecule has 1 heterocycles. The molecule has 2 N–H and O–H groups in total. The summed E-state index contributed by atoms with van der Waals surface area (Å²) in [5.41, 5.74) is 0.289. The van der Waals surface area contributed by atoms with Gasteiger partial charge in [0.15, 0.2) is 0 Å². The molecule has 0 aromatic heterocycles. The van der Waals surface area contributed by atoms with Crippen molar-refractivity contribution in [2.75, 3.05) is 31.9 Å². The largest absolute Gasteiger partial charge is 0.385 e. The van der Waals surface area contributed by atoms with Crippen LogP contribution < -0.4 is 10.6 Å². The lowest BCUT2D eigenvalue weighted by molar-refractivity contribution is -0.123. The Balaban J connectivity index is 0.00000180. The second-order valence-electron chi connectivity index (χ2n) is 5.44. The SMILES string of the molecule is COCCC1(CNC(=O)C2CSCN2)CCCC1.Cl. The van der Waals surface area contributed by atoms with E-state index in [1.807, 2.05) is 0 Å². The van der Waals surface area contributed by atoms with E-state index in [4.69, 9.17) is 4.74 Å². The predicted molar refractivity (Wildman–Crippen MR) is 81.9 cm³/mol. The highest BCUT2D eigenvalue weighted by Crippen LogP contribution is 2.40. The van der Waals surface area contributed by atoms with E-state index < -0.39 is 0 Å². The molecule has 0 bridgehead atoms. The summed E-state index contributed by atoms with van der Waals surface area (Å²) in [6.45, 7) is 1.62. The Morgan fingerprint density at radius 3 is 2.79 bits per heavy atom. The van der Waals surface area contributed by atoms with E-state index in [1.165, 1.54) is 25.7 Å². The molecule has 1 unspecified atom stereocenters. The summed E-state index contributed by atoms with van der Waals surface area (Å²) in [6.07, 6.45) is 6.10. The van der Waals surface area contributed by atoms with Crippen LogP contribution in [-0.4, -0.2) is 43.8 Å². The second kappa shape index (κ2) is 8.35. The van der Waals surface area contributed by atoms with Crippen LogP contribution in [0.4, 0.5) is 0 Å². The van der Waals surface area contributed by atoms with Crippen LogP contribution in [0, 0.1) is 5.41 Å². The maximum absolute atomic E-state index is 12.0. The van der Waals surface area contributed by atoms with Gasteiger partial charge in [-0.15, -0.1) is 24.2 Å². The van der Waals surface area contributed by atoms with E-state index in [-0.39, 0.29) is 29.8 Å². The summed E-state index contributed by atoms with van der Waals surface area (Å²) in [7, 11) is 1.75. The molecule has 0 spiro atoms. The molecule has 2 rings (SSSR count). The number of halogens is 1. The molecule has 2 fully saturated rings. The average Bonchev–Trinajstić information content (AvgIpc) is 3.05. The van der Waals surface area contributed by atoms with Gasteiger partial charge in [0.1, 0.15) is 0 Å². The van der Waals surface area contributed by atoms with Gasteiger partial charge in [-0.05, 0) is 24.7 Å². The number of amides is 1. The number of nitrogens with one attached hydrogen (secondary N) is 2. The van der Waals surface area contributed by atoms with Crippen LogP contribution in [-0.2, 0) is 9.53 Å². The molecule has 1 saturated carbocycles. The van der Waals surface area contributed by atoms with Gasteiger partial charge in [0.05, 0.1) is 6.04 Å². The van der Waals surface area contributed by atoms with Crippen LogP contribution in [0.5, 0.6) is 0 Å². The van der Waals surface area contributed by atoms with Crippen LogP contribution in [0.3, 0.4) is 0 Å². The molecule has 112 valence electrons. The highest BCUT2D eigenvalue weighted by Gasteiger charge is 2.34. The van der Waals surface area contributed by atoms with Gasteiger partial charge in [-0.25, -0.2) is 0 Å². The summed E-state index contributed by atoms with van der Waals surface area (Å²) < 4.78 is 5.21. The number of ether oxygens (including phenoxy) is 1. The summed E-state index contributed by atoms with van der Waals surface area (Å²) in [5, 5.41) is 6.36. The Bertz CT molecular complexity index is 280. The van der Waals surface area contributed by atoms with E-state index >= 15 is 0 Å². The molecule has 19 heavy (non-hydrogen) atoms. The molecule has 4 nitrogen and oxygen atoms in total. The first-order valence-electron chi connectivity index (χ1n) is 6.84. The third-order valence-corrected chi connectivity index (χ3v) is 5.11. The second-order valence-corrected chi connectivity index (χ2v) is 6.47. The van der Waals surface area contributed by atoms with Gasteiger partial charge in [-0.2, -0.15) is 0 Å². The lowest BCUT2D eigenvalue weighted by atomic mass is 9.83. The number of carbonyl (C=O) groups is 1. The average molecular weight is 309 g/mol. The number of methoxy groups -OCH3 is 1. The van der Waals surface area contributed by atoms with Gasteiger partial charge in [0.25, 0.3) is 0 Å². The van der Waals surface area contributed by atoms with Crippen LogP contribution in [0.25, 0.3) is 0 Å². The zero-order valence-electron chi connectivity index (χ0n) is 11.6. The summed E-state index contributed by atoms with van der Waals surface area (Å²) in [4.78, 5) is 12.0. The van der Waals surface area contributed by atoms with Crippen molar-refractivity contribution >= 4 is 30.1 Å². The fourth-order valence-electron chi connectivity index (χ4n) is 2.92. The maximum atomic E-state index is 12.0. The Morgan fingerprint density at radius 2 is 2.21 bits per heavy atom.